The van der Waals surface area contributed by atoms with Crippen molar-refractivity contribution in [2.24, 2.45) is 0 Å². The minimum atomic E-state index is -2.69. The van der Waals surface area contributed by atoms with E-state index >= 15 is 0 Å². The zero-order valence-corrected chi connectivity index (χ0v) is 8.59. The number of aromatic nitrogens is 1. The molecule has 0 spiro atoms. The number of hydrogen-bond donors (Lipinski definition) is 0. The molecule has 1 aromatic rings. The fraction of sp³-hybridized carbons (Fsp3) is 0.333. The minimum absolute atomic E-state index is 0.0679. The van der Waals surface area contributed by atoms with Crippen molar-refractivity contribution in [2.75, 3.05) is 7.11 Å². The molecule has 0 saturated heterocycles. The molecule has 0 N–H and O–H groups in total. The van der Waals surface area contributed by atoms with Crippen molar-refractivity contribution in [3.8, 4) is 0 Å². The molecule has 0 unspecified atom stereocenters. The normalized spacial score (nSPS) is 10.5. The monoisotopic (exact) mass is 235 g/mol. The third-order valence-corrected chi connectivity index (χ3v) is 2.00. The van der Waals surface area contributed by atoms with E-state index in [1.165, 1.54) is 13.2 Å². The number of halogens is 3. The van der Waals surface area contributed by atoms with Gasteiger partial charge < -0.3 is 4.74 Å². The molecule has 82 valence electrons. The molecule has 0 aliphatic heterocycles. The van der Waals surface area contributed by atoms with Crippen LogP contribution in [0, 0.1) is 0 Å². The van der Waals surface area contributed by atoms with Gasteiger partial charge >= 0.3 is 5.97 Å². The number of methoxy groups -OCH3 is 1. The van der Waals surface area contributed by atoms with Crippen LogP contribution in [0.5, 0.6) is 0 Å². The van der Waals surface area contributed by atoms with E-state index in [9.17, 15) is 13.6 Å². The van der Waals surface area contributed by atoms with Crippen LogP contribution in [-0.4, -0.2) is 18.1 Å². The summed E-state index contributed by atoms with van der Waals surface area (Å²) in [6, 6.07) is 1.24. The van der Waals surface area contributed by atoms with Crippen molar-refractivity contribution in [3.05, 3.63) is 28.5 Å². The second kappa shape index (κ2) is 5.02. The number of carbonyl (C=O) groups is 1. The lowest BCUT2D eigenvalue weighted by molar-refractivity contribution is -0.139. The Morgan fingerprint density at radius 3 is 2.87 bits per heavy atom. The predicted molar refractivity (Wildman–Crippen MR) is 49.9 cm³/mol. The molecule has 0 aliphatic carbocycles. The minimum Gasteiger partial charge on any atom is -0.469 e. The fourth-order valence-electron chi connectivity index (χ4n) is 1.06. The van der Waals surface area contributed by atoms with Crippen molar-refractivity contribution in [1.29, 1.82) is 0 Å². The van der Waals surface area contributed by atoms with Gasteiger partial charge in [-0.15, -0.1) is 0 Å². The molecule has 1 heterocycles. The van der Waals surface area contributed by atoms with Crippen LogP contribution in [0.25, 0.3) is 0 Å². The number of esters is 1. The number of nitrogens with zero attached hydrogens (tertiary/aromatic N) is 1. The molecule has 1 rings (SSSR count). The number of hydrogen-bond acceptors (Lipinski definition) is 3. The topological polar surface area (TPSA) is 39.2 Å². The molecule has 0 saturated carbocycles. The highest BCUT2D eigenvalue weighted by Gasteiger charge is 2.16. The molecule has 6 heteroatoms. The highest BCUT2D eigenvalue weighted by Crippen LogP contribution is 2.24. The van der Waals surface area contributed by atoms with Gasteiger partial charge in [-0.2, -0.15) is 0 Å². The average molecular weight is 236 g/mol. The summed E-state index contributed by atoms with van der Waals surface area (Å²) < 4.78 is 29.3. The average Bonchev–Trinajstić information content (AvgIpc) is 2.17. The zero-order valence-electron chi connectivity index (χ0n) is 7.84. The molecular formula is C9H8ClF2NO2. The van der Waals surface area contributed by atoms with Crippen molar-refractivity contribution in [2.45, 2.75) is 12.8 Å². The van der Waals surface area contributed by atoms with Gasteiger partial charge in [0, 0.05) is 11.8 Å². The molecule has 0 bridgehead atoms. The molecule has 15 heavy (non-hydrogen) atoms. The maximum absolute atomic E-state index is 12.5. The van der Waals surface area contributed by atoms with Crippen LogP contribution in [-0.2, 0) is 16.0 Å². The first-order valence-electron chi connectivity index (χ1n) is 4.04. The predicted octanol–water partition coefficient (Wildman–Crippen LogP) is 2.39. The Balaban J connectivity index is 3.02. The summed E-state index contributed by atoms with van der Waals surface area (Å²) in [6.07, 6.45) is -1.96. The van der Waals surface area contributed by atoms with Crippen LogP contribution in [0.15, 0.2) is 12.3 Å². The second-order valence-corrected chi connectivity index (χ2v) is 3.15. The van der Waals surface area contributed by atoms with Crippen LogP contribution in [0.1, 0.15) is 17.6 Å². The van der Waals surface area contributed by atoms with Crippen molar-refractivity contribution in [1.82, 2.24) is 4.98 Å². The largest absolute Gasteiger partial charge is 0.469 e. The summed E-state index contributed by atoms with van der Waals surface area (Å²) in [6.45, 7) is 0. The van der Waals surface area contributed by atoms with Gasteiger partial charge in [-0.25, -0.2) is 13.8 Å². The Morgan fingerprint density at radius 1 is 1.67 bits per heavy atom. The van der Waals surface area contributed by atoms with Gasteiger partial charge in [0.25, 0.3) is 6.43 Å². The van der Waals surface area contributed by atoms with Crippen LogP contribution >= 0.6 is 11.6 Å². The SMILES string of the molecule is COC(=O)Cc1cc(Cl)ncc1C(F)F. The Bertz CT molecular complexity index is 371. The molecule has 0 aliphatic rings. The van der Waals surface area contributed by atoms with E-state index in [2.05, 4.69) is 9.72 Å². The molecule has 1 aromatic heterocycles. The first-order valence-corrected chi connectivity index (χ1v) is 4.41. The zero-order chi connectivity index (χ0) is 11.4. The Labute approximate surface area is 90.0 Å². The Kier molecular flexibility index (Phi) is 3.96. The van der Waals surface area contributed by atoms with Crippen molar-refractivity contribution >= 4 is 17.6 Å². The van der Waals surface area contributed by atoms with Crippen LogP contribution < -0.4 is 0 Å². The van der Waals surface area contributed by atoms with Crippen LogP contribution in [0.3, 0.4) is 0 Å². The molecule has 0 fully saturated rings. The molecule has 0 atom stereocenters. The van der Waals surface area contributed by atoms with E-state index in [-0.39, 0.29) is 22.7 Å². The fourth-order valence-corrected chi connectivity index (χ4v) is 1.24. The third kappa shape index (κ3) is 3.13. The smallest absolute Gasteiger partial charge is 0.309 e. The van der Waals surface area contributed by atoms with Crippen LogP contribution in [0.4, 0.5) is 8.78 Å². The molecule has 0 amide bonds. The quantitative estimate of drug-likeness (QED) is 0.597. The maximum atomic E-state index is 12.5. The van der Waals surface area contributed by atoms with Crippen LogP contribution in [0.2, 0.25) is 5.15 Å². The number of ether oxygens (including phenoxy) is 1. The highest BCUT2D eigenvalue weighted by molar-refractivity contribution is 6.29. The van der Waals surface area contributed by atoms with Crippen molar-refractivity contribution in [3.63, 3.8) is 0 Å². The lowest BCUT2D eigenvalue weighted by atomic mass is 10.1. The maximum Gasteiger partial charge on any atom is 0.309 e. The standard InChI is InChI=1S/C9H8ClF2NO2/c1-15-8(14)3-5-2-7(10)13-4-6(5)9(11)12/h2,4,9H,3H2,1H3. The van der Waals surface area contributed by atoms with E-state index in [0.29, 0.717) is 0 Å². The first kappa shape index (κ1) is 11.8. The van der Waals surface area contributed by atoms with E-state index in [0.717, 1.165) is 6.20 Å². The Morgan fingerprint density at radius 2 is 2.33 bits per heavy atom. The van der Waals surface area contributed by atoms with Gasteiger partial charge in [0.2, 0.25) is 0 Å². The number of pyridine rings is 1. The highest BCUT2D eigenvalue weighted by atomic mass is 35.5. The number of carbonyl (C=O) groups excluding carboxylic acids is 1. The van der Waals surface area contributed by atoms with Crippen molar-refractivity contribution < 1.29 is 18.3 Å². The molecule has 0 aromatic carbocycles. The van der Waals surface area contributed by atoms with Gasteiger partial charge in [-0.05, 0) is 11.6 Å². The third-order valence-electron chi connectivity index (χ3n) is 1.79. The van der Waals surface area contributed by atoms with Gasteiger partial charge in [0.15, 0.2) is 0 Å². The number of rotatable bonds is 3. The summed E-state index contributed by atoms with van der Waals surface area (Å²) in [5.74, 6) is -0.598. The summed E-state index contributed by atoms with van der Waals surface area (Å²) >= 11 is 5.54. The van der Waals surface area contributed by atoms with E-state index in [1.54, 1.807) is 0 Å². The summed E-state index contributed by atoms with van der Waals surface area (Å²) in [7, 11) is 1.19. The summed E-state index contributed by atoms with van der Waals surface area (Å²) in [5.41, 5.74) is -0.165. The summed E-state index contributed by atoms with van der Waals surface area (Å²) in [5, 5.41) is 0.0679. The van der Waals surface area contributed by atoms with Gasteiger partial charge in [-0.1, -0.05) is 11.6 Å². The number of alkyl halides is 2. The first-order chi connectivity index (χ1) is 7.04. The molecule has 3 nitrogen and oxygen atoms in total. The van der Waals surface area contributed by atoms with Gasteiger partial charge in [0.1, 0.15) is 5.15 Å². The molecule has 0 radical (unpaired) electrons. The molecular weight excluding hydrogens is 228 g/mol. The lowest BCUT2D eigenvalue weighted by Gasteiger charge is -2.07. The Hall–Kier alpha value is -1.23. The van der Waals surface area contributed by atoms with E-state index in [1.807, 2.05) is 0 Å². The van der Waals surface area contributed by atoms with E-state index in [4.69, 9.17) is 11.6 Å². The van der Waals surface area contributed by atoms with E-state index < -0.39 is 12.4 Å². The second-order valence-electron chi connectivity index (χ2n) is 2.76. The lowest BCUT2D eigenvalue weighted by Crippen LogP contribution is -2.07. The summed E-state index contributed by atoms with van der Waals surface area (Å²) in [4.78, 5) is 14.5. The van der Waals surface area contributed by atoms with Gasteiger partial charge in [0.05, 0.1) is 13.5 Å². The van der Waals surface area contributed by atoms with Gasteiger partial charge in [-0.3, -0.25) is 4.79 Å².